The molecule has 2 aromatic rings. The lowest BCUT2D eigenvalue weighted by Crippen LogP contribution is -2.47. The molecule has 1 N–H and O–H groups in total. The molecule has 2 saturated heterocycles. The van der Waals surface area contributed by atoms with Crippen molar-refractivity contribution in [1.29, 1.82) is 0 Å². The topological polar surface area (TPSA) is 87.8 Å². The van der Waals surface area contributed by atoms with Crippen molar-refractivity contribution in [1.82, 2.24) is 14.8 Å². The average molecular weight is 441 g/mol. The van der Waals surface area contributed by atoms with Gasteiger partial charge in [-0.3, -0.25) is 24.4 Å². The van der Waals surface area contributed by atoms with Crippen LogP contribution in [0.3, 0.4) is 0 Å². The van der Waals surface area contributed by atoms with Gasteiger partial charge in [-0.25, -0.2) is 4.79 Å². The molecule has 0 bridgehead atoms. The highest BCUT2D eigenvalue weighted by atomic mass is 16.4. The second kappa shape index (κ2) is 9.10. The number of benzene rings is 1. The van der Waals surface area contributed by atoms with Crippen LogP contribution in [0.15, 0.2) is 27.4 Å². The highest BCUT2D eigenvalue weighted by Crippen LogP contribution is 2.31. The van der Waals surface area contributed by atoms with Gasteiger partial charge < -0.3 is 9.32 Å². The Morgan fingerprint density at radius 3 is 2.50 bits per heavy atom. The van der Waals surface area contributed by atoms with Crippen LogP contribution >= 0.6 is 0 Å². The lowest BCUT2D eigenvalue weighted by Gasteiger charge is -2.36. The molecule has 5 rings (SSSR count). The van der Waals surface area contributed by atoms with E-state index >= 15 is 0 Å². The molecule has 2 aliphatic heterocycles. The van der Waals surface area contributed by atoms with Gasteiger partial charge in [0.2, 0.25) is 11.8 Å². The number of nitrogens with one attached hydrogen (secondary N) is 1. The molecule has 1 atom stereocenters. The molecule has 1 saturated carbocycles. The van der Waals surface area contributed by atoms with Crippen LogP contribution in [0, 0.1) is 5.92 Å². The molecule has 32 heavy (non-hydrogen) atoms. The quantitative estimate of drug-likeness (QED) is 0.720. The standard InChI is InChI=1S/C24H32N4O4/c29-21-10-9-20(23(30)25-21)28-19-8-4-7-18(22(19)32-24(28)31)27-15-13-26(14-16-27)12-11-17-5-2-1-3-6-17/h4,7-8,17,20H,1-3,5-6,9-16H2,(H,25,29,30). The summed E-state index contributed by atoms with van der Waals surface area (Å²) in [4.78, 5) is 41.4. The van der Waals surface area contributed by atoms with Gasteiger partial charge in [0.15, 0.2) is 5.58 Å². The third-order valence-corrected chi connectivity index (χ3v) is 7.43. The normalized spacial score (nSPS) is 23.6. The molecule has 172 valence electrons. The number of oxazole rings is 1. The van der Waals surface area contributed by atoms with Crippen molar-refractivity contribution < 1.29 is 14.0 Å². The van der Waals surface area contributed by atoms with E-state index in [2.05, 4.69) is 15.1 Å². The fourth-order valence-corrected chi connectivity index (χ4v) is 5.57. The van der Waals surface area contributed by atoms with E-state index in [1.54, 1.807) is 0 Å². The lowest BCUT2D eigenvalue weighted by atomic mass is 9.87. The van der Waals surface area contributed by atoms with Crippen molar-refractivity contribution in [2.75, 3.05) is 37.6 Å². The third kappa shape index (κ3) is 4.20. The molecular weight excluding hydrogens is 408 g/mol. The molecule has 1 aromatic carbocycles. The largest absolute Gasteiger partial charge is 0.420 e. The first-order valence-electron chi connectivity index (χ1n) is 12.1. The van der Waals surface area contributed by atoms with Crippen LogP contribution in [-0.2, 0) is 9.59 Å². The number of aromatic nitrogens is 1. The number of hydrogen-bond donors (Lipinski definition) is 1. The molecule has 3 heterocycles. The number of hydrogen-bond acceptors (Lipinski definition) is 6. The lowest BCUT2D eigenvalue weighted by molar-refractivity contribution is -0.135. The number of carbonyl (C=O) groups excluding carboxylic acids is 2. The number of amides is 2. The molecular formula is C24H32N4O4. The summed E-state index contributed by atoms with van der Waals surface area (Å²) in [5.74, 6) is -0.387. The summed E-state index contributed by atoms with van der Waals surface area (Å²) in [5.41, 5.74) is 2.04. The summed E-state index contributed by atoms with van der Waals surface area (Å²) in [6.07, 6.45) is 8.82. The monoisotopic (exact) mass is 440 g/mol. The fraction of sp³-hybridized carbons (Fsp3) is 0.625. The maximum Gasteiger partial charge on any atom is 0.420 e. The summed E-state index contributed by atoms with van der Waals surface area (Å²) >= 11 is 0. The first-order chi connectivity index (χ1) is 15.6. The van der Waals surface area contributed by atoms with Gasteiger partial charge in [0.25, 0.3) is 0 Å². The Morgan fingerprint density at radius 1 is 0.969 bits per heavy atom. The van der Waals surface area contributed by atoms with Crippen molar-refractivity contribution in [2.24, 2.45) is 5.92 Å². The van der Waals surface area contributed by atoms with Gasteiger partial charge in [0.05, 0.1) is 11.2 Å². The fourth-order valence-electron chi connectivity index (χ4n) is 5.57. The van der Waals surface area contributed by atoms with Gasteiger partial charge >= 0.3 is 5.76 Å². The molecule has 3 aliphatic rings. The first-order valence-corrected chi connectivity index (χ1v) is 12.1. The van der Waals surface area contributed by atoms with Gasteiger partial charge in [-0.2, -0.15) is 0 Å². The highest BCUT2D eigenvalue weighted by Gasteiger charge is 2.32. The Morgan fingerprint density at radius 2 is 1.75 bits per heavy atom. The van der Waals surface area contributed by atoms with Crippen molar-refractivity contribution in [3.63, 3.8) is 0 Å². The Hall–Kier alpha value is -2.61. The highest BCUT2D eigenvalue weighted by molar-refractivity contribution is 6.00. The average Bonchev–Trinajstić information content (AvgIpc) is 3.14. The van der Waals surface area contributed by atoms with Crippen molar-refractivity contribution in [2.45, 2.75) is 57.4 Å². The minimum absolute atomic E-state index is 0.220. The van der Waals surface area contributed by atoms with Crippen molar-refractivity contribution in [3.05, 3.63) is 28.7 Å². The van der Waals surface area contributed by atoms with Crippen LogP contribution in [0.5, 0.6) is 0 Å². The van der Waals surface area contributed by atoms with Crippen LogP contribution in [0.4, 0.5) is 5.69 Å². The molecule has 1 unspecified atom stereocenters. The van der Waals surface area contributed by atoms with E-state index in [9.17, 15) is 14.4 Å². The number of rotatable bonds is 5. The third-order valence-electron chi connectivity index (χ3n) is 7.43. The Balaban J connectivity index is 1.29. The number of para-hydroxylation sites is 1. The summed E-state index contributed by atoms with van der Waals surface area (Å²) in [6.45, 7) is 4.94. The zero-order valence-corrected chi connectivity index (χ0v) is 18.6. The number of imide groups is 1. The Bertz CT molecular complexity index is 1040. The summed E-state index contributed by atoms with van der Waals surface area (Å²) < 4.78 is 7.06. The van der Waals surface area contributed by atoms with E-state index in [0.717, 1.165) is 37.8 Å². The predicted octanol–water partition coefficient (Wildman–Crippen LogP) is 2.66. The van der Waals surface area contributed by atoms with E-state index in [1.807, 2.05) is 18.2 Å². The van der Waals surface area contributed by atoms with Crippen molar-refractivity contribution in [3.8, 4) is 0 Å². The van der Waals surface area contributed by atoms with Crippen LogP contribution in [0.1, 0.15) is 57.4 Å². The number of anilines is 1. The van der Waals surface area contributed by atoms with E-state index in [-0.39, 0.29) is 12.3 Å². The second-order valence-corrected chi connectivity index (χ2v) is 9.45. The summed E-state index contributed by atoms with van der Waals surface area (Å²) in [7, 11) is 0. The molecule has 8 nitrogen and oxygen atoms in total. The number of nitrogens with zero attached hydrogens (tertiary/aromatic N) is 3. The molecule has 2 amide bonds. The molecule has 1 aliphatic carbocycles. The Labute approximate surface area is 187 Å². The van der Waals surface area contributed by atoms with Crippen LogP contribution in [0.2, 0.25) is 0 Å². The predicted molar refractivity (Wildman–Crippen MR) is 122 cm³/mol. The Kier molecular flexibility index (Phi) is 6.04. The summed E-state index contributed by atoms with van der Waals surface area (Å²) in [6, 6.07) is 4.99. The van der Waals surface area contributed by atoms with Crippen molar-refractivity contribution >= 4 is 28.6 Å². The van der Waals surface area contributed by atoms with Gasteiger partial charge in [0.1, 0.15) is 6.04 Å². The molecule has 8 heteroatoms. The number of carbonyl (C=O) groups is 2. The van der Waals surface area contributed by atoms with Crippen LogP contribution in [0.25, 0.3) is 11.1 Å². The number of fused-ring (bicyclic) bond motifs is 1. The number of piperazine rings is 1. The van der Waals surface area contributed by atoms with Gasteiger partial charge in [-0.05, 0) is 37.4 Å². The molecule has 0 spiro atoms. The maximum atomic E-state index is 12.7. The van der Waals surface area contributed by atoms with Gasteiger partial charge in [-0.1, -0.05) is 38.2 Å². The maximum absolute atomic E-state index is 12.7. The van der Waals surface area contributed by atoms with Gasteiger partial charge in [0, 0.05) is 32.6 Å². The van der Waals surface area contributed by atoms with Crippen LogP contribution in [-0.4, -0.2) is 54.0 Å². The minimum Gasteiger partial charge on any atom is -0.405 e. The first kappa shape index (κ1) is 21.2. The van der Waals surface area contributed by atoms with Crippen LogP contribution < -0.4 is 16.0 Å². The zero-order valence-electron chi connectivity index (χ0n) is 18.6. The smallest absolute Gasteiger partial charge is 0.405 e. The van der Waals surface area contributed by atoms with Gasteiger partial charge in [-0.15, -0.1) is 0 Å². The molecule has 3 fully saturated rings. The molecule has 1 aromatic heterocycles. The SMILES string of the molecule is O=C1CCC(n2c(=O)oc3c(N4CCN(CCC5CCCCC5)CC4)cccc32)C(=O)N1. The number of piperidine rings is 1. The van der Waals surface area contributed by atoms with E-state index in [4.69, 9.17) is 4.42 Å². The second-order valence-electron chi connectivity index (χ2n) is 9.45. The minimum atomic E-state index is -0.715. The van der Waals surface area contributed by atoms with E-state index in [1.165, 1.54) is 49.6 Å². The molecule has 0 radical (unpaired) electrons. The summed E-state index contributed by atoms with van der Waals surface area (Å²) in [5, 5.41) is 2.33. The van der Waals surface area contributed by atoms with E-state index in [0.29, 0.717) is 17.5 Å². The zero-order chi connectivity index (χ0) is 22.1. The van der Waals surface area contributed by atoms with E-state index < -0.39 is 17.7 Å².